The summed E-state index contributed by atoms with van der Waals surface area (Å²) in [6, 6.07) is 3.82. The molecule has 0 unspecified atom stereocenters. The van der Waals surface area contributed by atoms with Gasteiger partial charge >= 0.3 is 11.6 Å². The van der Waals surface area contributed by atoms with Crippen LogP contribution in [0.5, 0.6) is 5.75 Å². The number of benzene rings is 1. The highest BCUT2D eigenvalue weighted by Crippen LogP contribution is 2.36. The molecule has 0 aliphatic carbocycles. The van der Waals surface area contributed by atoms with Crippen LogP contribution in [0.2, 0.25) is 0 Å². The van der Waals surface area contributed by atoms with E-state index in [9.17, 15) is 14.4 Å². The van der Waals surface area contributed by atoms with E-state index < -0.39 is 5.63 Å². The summed E-state index contributed by atoms with van der Waals surface area (Å²) in [5.41, 5.74) is 2.00. The third kappa shape index (κ3) is 4.18. The molecule has 2 aromatic rings. The molecule has 1 saturated heterocycles. The first kappa shape index (κ1) is 21.4. The van der Waals surface area contributed by atoms with Crippen molar-refractivity contribution in [3.63, 3.8) is 0 Å². The molecule has 166 valence electrons. The average molecular weight is 427 g/mol. The number of fused-ring (bicyclic) bond motifs is 2. The van der Waals surface area contributed by atoms with E-state index in [-0.39, 0.29) is 29.8 Å². The number of rotatable bonds is 3. The zero-order valence-corrected chi connectivity index (χ0v) is 18.6. The number of esters is 1. The highest BCUT2D eigenvalue weighted by atomic mass is 16.5. The highest BCUT2D eigenvalue weighted by molar-refractivity contribution is 5.86. The number of methoxy groups -OCH3 is 1. The van der Waals surface area contributed by atoms with Crippen LogP contribution in [0, 0.1) is 12.8 Å². The molecule has 0 saturated carbocycles. The Morgan fingerprint density at radius 3 is 2.61 bits per heavy atom. The SMILES string of the molecule is COC(=O)C1CCN(C(=O)Cc2c(C)c3cc4c(cc3oc2=O)OC(C)(C)CC4)CC1. The number of hydrogen-bond donors (Lipinski definition) is 0. The van der Waals surface area contributed by atoms with Gasteiger partial charge in [0.25, 0.3) is 0 Å². The van der Waals surface area contributed by atoms with Gasteiger partial charge in [-0.15, -0.1) is 0 Å². The first-order valence-corrected chi connectivity index (χ1v) is 10.8. The first-order valence-electron chi connectivity index (χ1n) is 10.8. The Morgan fingerprint density at radius 2 is 1.94 bits per heavy atom. The van der Waals surface area contributed by atoms with E-state index in [0.717, 1.165) is 35.1 Å². The summed E-state index contributed by atoms with van der Waals surface area (Å²) in [5, 5.41) is 0.842. The van der Waals surface area contributed by atoms with Crippen LogP contribution in [0.15, 0.2) is 21.3 Å². The van der Waals surface area contributed by atoms with E-state index in [4.69, 9.17) is 13.9 Å². The predicted molar refractivity (Wildman–Crippen MR) is 115 cm³/mol. The molecule has 0 bridgehead atoms. The van der Waals surface area contributed by atoms with Gasteiger partial charge in [0.15, 0.2) is 0 Å². The Balaban J connectivity index is 1.57. The number of piperidine rings is 1. The number of amides is 1. The van der Waals surface area contributed by atoms with Crippen LogP contribution in [-0.4, -0.2) is 42.6 Å². The second-order valence-corrected chi connectivity index (χ2v) is 9.17. The van der Waals surface area contributed by atoms with Crippen molar-refractivity contribution in [2.45, 2.75) is 58.5 Å². The maximum Gasteiger partial charge on any atom is 0.340 e. The number of hydrogen-bond acceptors (Lipinski definition) is 6. The fourth-order valence-electron chi connectivity index (χ4n) is 4.53. The van der Waals surface area contributed by atoms with E-state index in [2.05, 4.69) is 0 Å². The zero-order chi connectivity index (χ0) is 22.3. The molecule has 3 heterocycles. The monoisotopic (exact) mass is 427 g/mol. The molecule has 7 heteroatoms. The lowest BCUT2D eigenvalue weighted by molar-refractivity contribution is -0.148. The minimum absolute atomic E-state index is 0.00634. The molecule has 1 amide bonds. The number of carbonyl (C=O) groups excluding carboxylic acids is 2. The Hall–Kier alpha value is -2.83. The van der Waals surface area contributed by atoms with E-state index >= 15 is 0 Å². The summed E-state index contributed by atoms with van der Waals surface area (Å²) >= 11 is 0. The third-order valence-electron chi connectivity index (χ3n) is 6.56. The smallest absolute Gasteiger partial charge is 0.340 e. The van der Waals surface area contributed by atoms with Gasteiger partial charge in [-0.3, -0.25) is 9.59 Å². The minimum Gasteiger partial charge on any atom is -0.487 e. The van der Waals surface area contributed by atoms with Gasteiger partial charge in [-0.1, -0.05) is 0 Å². The van der Waals surface area contributed by atoms with E-state index in [0.29, 0.717) is 37.1 Å². The van der Waals surface area contributed by atoms with Crippen LogP contribution in [-0.2, 0) is 27.2 Å². The molecule has 2 aliphatic heterocycles. The van der Waals surface area contributed by atoms with Crippen molar-refractivity contribution in [2.24, 2.45) is 5.92 Å². The topological polar surface area (TPSA) is 86.0 Å². The number of carbonyl (C=O) groups is 2. The van der Waals surface area contributed by atoms with Crippen molar-refractivity contribution in [1.82, 2.24) is 4.90 Å². The van der Waals surface area contributed by atoms with Gasteiger partial charge in [-0.05, 0) is 63.6 Å². The van der Waals surface area contributed by atoms with Gasteiger partial charge in [0.2, 0.25) is 5.91 Å². The van der Waals surface area contributed by atoms with Crippen LogP contribution >= 0.6 is 0 Å². The van der Waals surface area contributed by atoms with Gasteiger partial charge in [0, 0.05) is 24.5 Å². The zero-order valence-electron chi connectivity index (χ0n) is 18.6. The summed E-state index contributed by atoms with van der Waals surface area (Å²) in [7, 11) is 1.38. The van der Waals surface area contributed by atoms with Gasteiger partial charge < -0.3 is 18.8 Å². The minimum atomic E-state index is -0.488. The summed E-state index contributed by atoms with van der Waals surface area (Å²) in [5.74, 6) is 0.235. The summed E-state index contributed by atoms with van der Waals surface area (Å²) in [4.78, 5) is 39.0. The van der Waals surface area contributed by atoms with Crippen LogP contribution < -0.4 is 10.4 Å². The maximum atomic E-state index is 12.9. The lowest BCUT2D eigenvalue weighted by Gasteiger charge is -2.32. The molecule has 0 N–H and O–H groups in total. The van der Waals surface area contributed by atoms with Crippen molar-refractivity contribution >= 4 is 22.8 Å². The van der Waals surface area contributed by atoms with Crippen LogP contribution in [0.1, 0.15) is 49.8 Å². The molecule has 0 radical (unpaired) electrons. The number of aryl methyl sites for hydroxylation is 2. The van der Waals surface area contributed by atoms with Gasteiger partial charge in [-0.2, -0.15) is 0 Å². The van der Waals surface area contributed by atoms with Crippen molar-refractivity contribution in [2.75, 3.05) is 20.2 Å². The Bertz CT molecular complexity index is 1090. The van der Waals surface area contributed by atoms with Gasteiger partial charge in [0.05, 0.1) is 25.0 Å². The quantitative estimate of drug-likeness (QED) is 0.553. The van der Waals surface area contributed by atoms with Crippen molar-refractivity contribution < 1.29 is 23.5 Å². The standard InChI is InChI=1S/C24H29NO6/c1-14-17-11-16-5-8-24(2,3)31-19(16)13-20(17)30-23(28)18(14)12-21(26)25-9-6-15(7-10-25)22(27)29-4/h11,13,15H,5-10,12H2,1-4H3. The van der Waals surface area contributed by atoms with Crippen molar-refractivity contribution in [3.8, 4) is 5.75 Å². The summed E-state index contributed by atoms with van der Waals surface area (Å²) < 4.78 is 16.4. The predicted octanol–water partition coefficient (Wildman–Crippen LogP) is 3.16. The van der Waals surface area contributed by atoms with Crippen LogP contribution in [0.4, 0.5) is 0 Å². The van der Waals surface area contributed by atoms with Gasteiger partial charge in [-0.25, -0.2) is 4.79 Å². The van der Waals surface area contributed by atoms with E-state index in [1.807, 2.05) is 26.8 Å². The fourth-order valence-corrected chi connectivity index (χ4v) is 4.53. The molecule has 0 spiro atoms. The number of nitrogens with zero attached hydrogens (tertiary/aromatic N) is 1. The third-order valence-corrected chi connectivity index (χ3v) is 6.56. The highest BCUT2D eigenvalue weighted by Gasteiger charge is 2.30. The second kappa shape index (κ2) is 8.02. The molecule has 0 atom stereocenters. The van der Waals surface area contributed by atoms with E-state index in [1.165, 1.54) is 7.11 Å². The molecule has 1 fully saturated rings. The molecule has 2 aliphatic rings. The van der Waals surface area contributed by atoms with Crippen molar-refractivity contribution in [3.05, 3.63) is 39.2 Å². The molecule has 31 heavy (non-hydrogen) atoms. The summed E-state index contributed by atoms with van der Waals surface area (Å²) in [6.45, 7) is 6.92. The number of ether oxygens (including phenoxy) is 2. The molecular formula is C24H29NO6. The Kier molecular flexibility index (Phi) is 5.54. The normalized spacial score (nSPS) is 18.4. The largest absolute Gasteiger partial charge is 0.487 e. The molecule has 1 aromatic heterocycles. The van der Waals surface area contributed by atoms with Gasteiger partial charge in [0.1, 0.15) is 16.9 Å². The maximum absolute atomic E-state index is 12.9. The lowest BCUT2D eigenvalue weighted by Crippen LogP contribution is -2.41. The van der Waals surface area contributed by atoms with Crippen molar-refractivity contribution in [1.29, 1.82) is 0 Å². The Labute approximate surface area is 181 Å². The molecule has 7 nitrogen and oxygen atoms in total. The van der Waals surface area contributed by atoms with Crippen LogP contribution in [0.3, 0.4) is 0 Å². The molecule has 4 rings (SSSR count). The molecule has 1 aromatic carbocycles. The Morgan fingerprint density at radius 1 is 1.23 bits per heavy atom. The first-order chi connectivity index (χ1) is 14.7. The number of likely N-dealkylation sites (tertiary alicyclic amines) is 1. The second-order valence-electron chi connectivity index (χ2n) is 9.17. The fraction of sp³-hybridized carbons (Fsp3) is 0.542. The lowest BCUT2D eigenvalue weighted by atomic mass is 9.92. The molecular weight excluding hydrogens is 398 g/mol. The average Bonchev–Trinajstić information content (AvgIpc) is 2.74. The summed E-state index contributed by atoms with van der Waals surface area (Å²) in [6.07, 6.45) is 2.94. The van der Waals surface area contributed by atoms with Crippen LogP contribution in [0.25, 0.3) is 11.0 Å². The van der Waals surface area contributed by atoms with E-state index in [1.54, 1.807) is 11.0 Å².